The summed E-state index contributed by atoms with van der Waals surface area (Å²) >= 11 is 3.14. The van der Waals surface area contributed by atoms with Crippen LogP contribution in [0.2, 0.25) is 0 Å². The quantitative estimate of drug-likeness (QED) is 0.911. The van der Waals surface area contributed by atoms with E-state index in [1.165, 1.54) is 18.2 Å². The van der Waals surface area contributed by atoms with Gasteiger partial charge >= 0.3 is 0 Å². The Kier molecular flexibility index (Phi) is 4.16. The number of phenols is 1. The molecular formula is C14H11BrFNO2. The van der Waals surface area contributed by atoms with E-state index in [4.69, 9.17) is 0 Å². The fraction of sp³-hybridized carbons (Fsp3) is 0.0714. The van der Waals surface area contributed by atoms with Crippen LogP contribution in [0.4, 0.5) is 4.39 Å². The van der Waals surface area contributed by atoms with Gasteiger partial charge in [-0.2, -0.15) is 0 Å². The summed E-state index contributed by atoms with van der Waals surface area (Å²) in [6.45, 7) is 0.216. The van der Waals surface area contributed by atoms with Crippen LogP contribution < -0.4 is 5.32 Å². The van der Waals surface area contributed by atoms with Gasteiger partial charge in [0.05, 0.1) is 5.56 Å². The number of phenolic OH excluding ortho intramolecular Hbond substituents is 1. The van der Waals surface area contributed by atoms with Gasteiger partial charge in [-0.05, 0) is 45.8 Å². The predicted octanol–water partition coefficient (Wildman–Crippen LogP) is 3.22. The minimum absolute atomic E-state index is 0.0253. The van der Waals surface area contributed by atoms with Crippen molar-refractivity contribution >= 4 is 21.8 Å². The van der Waals surface area contributed by atoms with Crippen LogP contribution in [0.25, 0.3) is 0 Å². The standard InChI is InChI=1S/C14H11BrFNO2/c15-11-5-2-6-12(16)13(11)14(19)17-8-9-3-1-4-10(18)7-9/h1-7,18H,8H2,(H,17,19). The van der Waals surface area contributed by atoms with Gasteiger partial charge in [0.15, 0.2) is 0 Å². The van der Waals surface area contributed by atoms with E-state index in [-0.39, 0.29) is 17.9 Å². The number of carbonyl (C=O) groups excluding carboxylic acids is 1. The number of nitrogens with one attached hydrogen (secondary N) is 1. The molecule has 0 saturated carbocycles. The van der Waals surface area contributed by atoms with Crippen LogP contribution in [0, 0.1) is 5.82 Å². The van der Waals surface area contributed by atoms with Crippen molar-refractivity contribution in [1.82, 2.24) is 5.32 Å². The van der Waals surface area contributed by atoms with E-state index >= 15 is 0 Å². The molecule has 0 spiro atoms. The van der Waals surface area contributed by atoms with E-state index in [0.717, 1.165) is 5.56 Å². The van der Waals surface area contributed by atoms with Crippen molar-refractivity contribution in [2.75, 3.05) is 0 Å². The van der Waals surface area contributed by atoms with Crippen molar-refractivity contribution < 1.29 is 14.3 Å². The maximum absolute atomic E-state index is 13.6. The minimum Gasteiger partial charge on any atom is -0.508 e. The maximum atomic E-state index is 13.6. The number of aromatic hydroxyl groups is 1. The zero-order chi connectivity index (χ0) is 13.8. The first-order chi connectivity index (χ1) is 9.08. The van der Waals surface area contributed by atoms with Crippen LogP contribution >= 0.6 is 15.9 Å². The first-order valence-electron chi connectivity index (χ1n) is 5.58. The topological polar surface area (TPSA) is 49.3 Å². The number of rotatable bonds is 3. The van der Waals surface area contributed by atoms with Gasteiger partial charge in [-0.3, -0.25) is 4.79 Å². The van der Waals surface area contributed by atoms with Crippen molar-refractivity contribution in [2.45, 2.75) is 6.54 Å². The van der Waals surface area contributed by atoms with Gasteiger partial charge in [-0.15, -0.1) is 0 Å². The Bertz CT molecular complexity index is 596. The molecule has 0 radical (unpaired) electrons. The van der Waals surface area contributed by atoms with Crippen LogP contribution in [0.15, 0.2) is 46.9 Å². The predicted molar refractivity (Wildman–Crippen MR) is 73.4 cm³/mol. The smallest absolute Gasteiger partial charge is 0.255 e. The molecule has 5 heteroatoms. The van der Waals surface area contributed by atoms with E-state index in [9.17, 15) is 14.3 Å². The number of hydrogen-bond donors (Lipinski definition) is 2. The van der Waals surface area contributed by atoms with Gasteiger partial charge in [0.2, 0.25) is 0 Å². The lowest BCUT2D eigenvalue weighted by Gasteiger charge is -2.08. The van der Waals surface area contributed by atoms with Crippen molar-refractivity contribution in [3.63, 3.8) is 0 Å². The highest BCUT2D eigenvalue weighted by molar-refractivity contribution is 9.10. The number of halogens is 2. The second kappa shape index (κ2) is 5.84. The molecule has 0 atom stereocenters. The van der Waals surface area contributed by atoms with Crippen LogP contribution in [-0.2, 0) is 6.54 Å². The summed E-state index contributed by atoms with van der Waals surface area (Å²) in [4.78, 5) is 11.9. The van der Waals surface area contributed by atoms with Gasteiger partial charge < -0.3 is 10.4 Å². The molecule has 1 amide bonds. The van der Waals surface area contributed by atoms with E-state index in [1.54, 1.807) is 24.3 Å². The molecule has 2 aromatic rings. The van der Waals surface area contributed by atoms with Gasteiger partial charge in [0.25, 0.3) is 5.91 Å². The molecule has 0 unspecified atom stereocenters. The van der Waals surface area contributed by atoms with E-state index in [2.05, 4.69) is 21.2 Å². The van der Waals surface area contributed by atoms with Crippen molar-refractivity contribution in [1.29, 1.82) is 0 Å². The second-order valence-corrected chi connectivity index (χ2v) is 4.80. The molecule has 98 valence electrons. The maximum Gasteiger partial charge on any atom is 0.255 e. The fourth-order valence-electron chi connectivity index (χ4n) is 1.65. The average molecular weight is 324 g/mol. The largest absolute Gasteiger partial charge is 0.508 e. The van der Waals surface area contributed by atoms with Gasteiger partial charge in [0.1, 0.15) is 11.6 Å². The molecule has 2 rings (SSSR count). The number of amides is 1. The molecule has 0 bridgehead atoms. The lowest BCUT2D eigenvalue weighted by atomic mass is 10.2. The highest BCUT2D eigenvalue weighted by Crippen LogP contribution is 2.19. The molecule has 0 fully saturated rings. The molecular weight excluding hydrogens is 313 g/mol. The summed E-state index contributed by atoms with van der Waals surface area (Å²) in [6, 6.07) is 10.9. The second-order valence-electron chi connectivity index (χ2n) is 3.95. The van der Waals surface area contributed by atoms with E-state index in [0.29, 0.717) is 4.47 Å². The third kappa shape index (κ3) is 3.32. The SMILES string of the molecule is O=C(NCc1cccc(O)c1)c1c(F)cccc1Br. The molecule has 0 aliphatic heterocycles. The first-order valence-corrected chi connectivity index (χ1v) is 6.37. The molecule has 3 nitrogen and oxygen atoms in total. The van der Waals surface area contributed by atoms with Crippen LogP contribution in [0.5, 0.6) is 5.75 Å². The molecule has 0 heterocycles. The van der Waals surface area contributed by atoms with Crippen molar-refractivity contribution in [3.05, 3.63) is 63.9 Å². The zero-order valence-electron chi connectivity index (χ0n) is 9.86. The molecule has 2 N–H and O–H groups in total. The summed E-state index contributed by atoms with van der Waals surface area (Å²) in [5, 5.41) is 11.9. The van der Waals surface area contributed by atoms with Gasteiger partial charge in [-0.25, -0.2) is 4.39 Å². The third-order valence-corrected chi connectivity index (χ3v) is 3.21. The van der Waals surface area contributed by atoms with Gasteiger partial charge in [-0.1, -0.05) is 18.2 Å². The average Bonchev–Trinajstić information content (AvgIpc) is 2.36. The molecule has 2 aromatic carbocycles. The lowest BCUT2D eigenvalue weighted by molar-refractivity contribution is 0.0946. The Labute approximate surface area is 118 Å². The monoisotopic (exact) mass is 323 g/mol. The Hall–Kier alpha value is -1.88. The summed E-state index contributed by atoms with van der Waals surface area (Å²) in [5.74, 6) is -0.963. The van der Waals surface area contributed by atoms with E-state index in [1.807, 2.05) is 0 Å². The normalized spacial score (nSPS) is 10.2. The molecule has 19 heavy (non-hydrogen) atoms. The van der Waals surface area contributed by atoms with Crippen molar-refractivity contribution in [3.8, 4) is 5.75 Å². The molecule has 0 aliphatic rings. The molecule has 0 aromatic heterocycles. The van der Waals surface area contributed by atoms with E-state index < -0.39 is 11.7 Å². The Morgan fingerprint density at radius 2 is 2.00 bits per heavy atom. The lowest BCUT2D eigenvalue weighted by Crippen LogP contribution is -2.24. The zero-order valence-corrected chi connectivity index (χ0v) is 11.4. The summed E-state index contributed by atoms with van der Waals surface area (Å²) in [7, 11) is 0. The highest BCUT2D eigenvalue weighted by Gasteiger charge is 2.14. The Morgan fingerprint density at radius 3 is 2.68 bits per heavy atom. The number of carbonyl (C=O) groups is 1. The first kappa shape index (κ1) is 13.5. The molecule has 0 saturated heterocycles. The molecule has 0 aliphatic carbocycles. The van der Waals surface area contributed by atoms with Crippen LogP contribution in [0.3, 0.4) is 0 Å². The highest BCUT2D eigenvalue weighted by atomic mass is 79.9. The number of hydrogen-bond acceptors (Lipinski definition) is 2. The Morgan fingerprint density at radius 1 is 1.26 bits per heavy atom. The number of benzene rings is 2. The van der Waals surface area contributed by atoms with Gasteiger partial charge in [0, 0.05) is 11.0 Å². The minimum atomic E-state index is -0.581. The van der Waals surface area contributed by atoms with Crippen molar-refractivity contribution in [2.24, 2.45) is 0 Å². The summed E-state index contributed by atoms with van der Waals surface area (Å²) < 4.78 is 14.0. The summed E-state index contributed by atoms with van der Waals surface area (Å²) in [6.07, 6.45) is 0. The third-order valence-electron chi connectivity index (χ3n) is 2.55. The van der Waals surface area contributed by atoms with Crippen LogP contribution in [-0.4, -0.2) is 11.0 Å². The summed E-state index contributed by atoms with van der Waals surface area (Å²) in [5.41, 5.74) is 0.712. The fourth-order valence-corrected chi connectivity index (χ4v) is 2.17. The van der Waals surface area contributed by atoms with Crippen LogP contribution in [0.1, 0.15) is 15.9 Å². The Balaban J connectivity index is 2.10.